The fourth-order valence-corrected chi connectivity index (χ4v) is 8.14. The molecular weight excluding hydrogens is 517 g/mol. The highest BCUT2D eigenvalue weighted by Crippen LogP contribution is 2.65. The summed E-state index contributed by atoms with van der Waals surface area (Å²) in [7, 11) is 0. The highest BCUT2D eigenvalue weighted by molar-refractivity contribution is 6.01. The molecule has 3 fully saturated rings. The highest BCUT2D eigenvalue weighted by atomic mass is 19.4. The Morgan fingerprint density at radius 2 is 1.73 bits per heavy atom. The minimum absolute atomic E-state index is 0.0451. The number of allylic oxidation sites excluding steroid dienone is 4. The summed E-state index contributed by atoms with van der Waals surface area (Å²) in [6.45, 7) is 5.14. The van der Waals surface area contributed by atoms with Crippen molar-refractivity contribution in [1.29, 1.82) is 0 Å². The molecule has 0 radical (unpaired) electrons. The van der Waals surface area contributed by atoms with Crippen molar-refractivity contribution < 1.29 is 27.6 Å². The SMILES string of the molecule is C[C@]12CC[C@H]3[C@@H](CCC4=CC(=O)C=C[C@@]43C)[C@@H]1CC[C@@H]2C(=O)NCCNC(=O)/C=C/c1ccc(C(F)(F)F)cc1. The van der Waals surface area contributed by atoms with Gasteiger partial charge in [0.2, 0.25) is 11.8 Å². The molecule has 4 aliphatic rings. The lowest BCUT2D eigenvalue weighted by atomic mass is 9.48. The number of ketones is 1. The van der Waals surface area contributed by atoms with Gasteiger partial charge in [0.1, 0.15) is 0 Å². The predicted molar refractivity (Wildman–Crippen MR) is 147 cm³/mol. The van der Waals surface area contributed by atoms with Crippen LogP contribution in [0, 0.1) is 34.5 Å². The molecule has 0 unspecified atom stereocenters. The average Bonchev–Trinajstić information content (AvgIpc) is 3.27. The molecule has 0 saturated heterocycles. The number of rotatable bonds is 6. The largest absolute Gasteiger partial charge is 0.416 e. The number of halogens is 3. The lowest BCUT2D eigenvalue weighted by Crippen LogP contribution is -2.51. The number of carbonyl (C=O) groups excluding carboxylic acids is 3. The summed E-state index contributed by atoms with van der Waals surface area (Å²) in [6.07, 6.45) is 10.0. The van der Waals surface area contributed by atoms with Crippen LogP contribution in [0.3, 0.4) is 0 Å². The van der Waals surface area contributed by atoms with Crippen molar-refractivity contribution in [3.05, 3.63) is 65.3 Å². The molecule has 2 amide bonds. The lowest BCUT2D eigenvalue weighted by Gasteiger charge is -2.56. The number of carbonyl (C=O) groups is 3. The van der Waals surface area contributed by atoms with E-state index < -0.39 is 11.7 Å². The van der Waals surface area contributed by atoms with Gasteiger partial charge in [-0.1, -0.05) is 37.6 Å². The van der Waals surface area contributed by atoms with Crippen molar-refractivity contribution in [3.8, 4) is 0 Å². The van der Waals surface area contributed by atoms with Gasteiger partial charge in [-0.15, -0.1) is 0 Å². The van der Waals surface area contributed by atoms with E-state index in [1.807, 2.05) is 6.08 Å². The number of benzene rings is 1. The van der Waals surface area contributed by atoms with Crippen molar-refractivity contribution in [3.63, 3.8) is 0 Å². The first-order chi connectivity index (χ1) is 18.9. The van der Waals surface area contributed by atoms with Crippen molar-refractivity contribution in [2.45, 2.75) is 58.5 Å². The zero-order valence-electron chi connectivity index (χ0n) is 23.0. The van der Waals surface area contributed by atoms with Crippen molar-refractivity contribution in [2.75, 3.05) is 13.1 Å². The molecule has 0 bridgehead atoms. The van der Waals surface area contributed by atoms with Crippen LogP contribution in [0.4, 0.5) is 13.2 Å². The first kappa shape index (κ1) is 28.4. The predicted octanol–water partition coefficient (Wildman–Crippen LogP) is 5.88. The van der Waals surface area contributed by atoms with E-state index in [9.17, 15) is 27.6 Å². The summed E-state index contributed by atoms with van der Waals surface area (Å²) in [5.74, 6) is 1.25. The van der Waals surface area contributed by atoms with E-state index in [1.54, 1.807) is 6.08 Å². The topological polar surface area (TPSA) is 75.3 Å². The van der Waals surface area contributed by atoms with Gasteiger partial charge < -0.3 is 10.6 Å². The van der Waals surface area contributed by atoms with Gasteiger partial charge in [-0.05, 0) is 97.6 Å². The molecule has 1 aromatic rings. The smallest absolute Gasteiger partial charge is 0.354 e. The second-order valence-corrected chi connectivity index (χ2v) is 12.3. The zero-order valence-corrected chi connectivity index (χ0v) is 23.0. The van der Waals surface area contributed by atoms with E-state index in [4.69, 9.17) is 0 Å². The molecule has 8 heteroatoms. The number of hydrogen-bond donors (Lipinski definition) is 2. The van der Waals surface area contributed by atoms with Crippen LogP contribution in [-0.4, -0.2) is 30.7 Å². The van der Waals surface area contributed by atoms with Gasteiger partial charge in [-0.2, -0.15) is 13.2 Å². The van der Waals surface area contributed by atoms with E-state index in [0.29, 0.717) is 29.9 Å². The Balaban J connectivity index is 1.11. The molecular formula is C32H37F3N2O3. The van der Waals surface area contributed by atoms with Gasteiger partial charge in [-0.3, -0.25) is 14.4 Å². The zero-order chi connectivity index (χ0) is 28.7. The van der Waals surface area contributed by atoms with Crippen molar-refractivity contribution in [1.82, 2.24) is 10.6 Å². The molecule has 1 aromatic carbocycles. The van der Waals surface area contributed by atoms with E-state index in [2.05, 4.69) is 30.6 Å². The third kappa shape index (κ3) is 5.29. The van der Waals surface area contributed by atoms with Crippen molar-refractivity contribution >= 4 is 23.7 Å². The summed E-state index contributed by atoms with van der Waals surface area (Å²) >= 11 is 0. The Kier molecular flexibility index (Phi) is 7.57. The van der Waals surface area contributed by atoms with E-state index in [-0.39, 0.29) is 40.9 Å². The number of alkyl halides is 3. The Labute approximate surface area is 233 Å². The monoisotopic (exact) mass is 554 g/mol. The third-order valence-electron chi connectivity index (χ3n) is 10.3. The van der Waals surface area contributed by atoms with Gasteiger partial charge in [0.05, 0.1) is 5.56 Å². The number of hydrogen-bond acceptors (Lipinski definition) is 3. The Bertz CT molecular complexity index is 1260. The standard InChI is InChI=1S/C32H37F3N2O3/c1-30-15-13-23(38)19-22(30)8-9-24-25-10-11-27(31(25,2)16-14-26(24)30)29(40)37-18-17-36-28(39)12-5-20-3-6-21(7-4-20)32(33,34)35/h3-7,12-13,15,19,24-27H,8-11,14,16-18H2,1-2H3,(H,36,39)(H,37,40)/b12-5+/t24-,25-,26-,27+,30-,31-/m0/s1. The van der Waals surface area contributed by atoms with Gasteiger partial charge in [0.25, 0.3) is 0 Å². The molecule has 6 atom stereocenters. The Morgan fingerprint density at radius 1 is 1.00 bits per heavy atom. The average molecular weight is 555 g/mol. The lowest BCUT2D eigenvalue weighted by molar-refractivity contribution is -0.137. The summed E-state index contributed by atoms with van der Waals surface area (Å²) in [6, 6.07) is 4.58. The molecule has 0 aromatic heterocycles. The molecule has 5 nitrogen and oxygen atoms in total. The molecule has 2 N–H and O–H groups in total. The van der Waals surface area contributed by atoms with Crippen LogP contribution < -0.4 is 10.6 Å². The van der Waals surface area contributed by atoms with Crippen LogP contribution >= 0.6 is 0 Å². The van der Waals surface area contributed by atoms with E-state index in [0.717, 1.165) is 50.7 Å². The first-order valence-electron chi connectivity index (χ1n) is 14.3. The second kappa shape index (κ2) is 10.7. The Morgan fingerprint density at radius 3 is 2.45 bits per heavy atom. The minimum atomic E-state index is -4.40. The van der Waals surface area contributed by atoms with E-state index >= 15 is 0 Å². The number of fused-ring (bicyclic) bond motifs is 5. The van der Waals surface area contributed by atoms with E-state index in [1.165, 1.54) is 29.9 Å². The number of amides is 2. The fraction of sp³-hybridized carbons (Fsp3) is 0.531. The molecule has 0 spiro atoms. The maximum atomic E-state index is 13.3. The van der Waals surface area contributed by atoms with Gasteiger partial charge >= 0.3 is 6.18 Å². The molecule has 0 aliphatic heterocycles. The van der Waals surface area contributed by atoms with Crippen molar-refractivity contribution in [2.24, 2.45) is 34.5 Å². The second-order valence-electron chi connectivity index (χ2n) is 12.3. The molecule has 214 valence electrons. The summed E-state index contributed by atoms with van der Waals surface area (Å²) in [4.78, 5) is 37.4. The molecule has 4 aliphatic carbocycles. The molecule has 5 rings (SSSR count). The van der Waals surface area contributed by atoms with Gasteiger partial charge in [0, 0.05) is 30.5 Å². The quantitative estimate of drug-likeness (QED) is 0.341. The Hall–Kier alpha value is -3.16. The minimum Gasteiger partial charge on any atom is -0.354 e. The molecule has 3 saturated carbocycles. The maximum Gasteiger partial charge on any atom is 0.416 e. The summed E-state index contributed by atoms with van der Waals surface area (Å²) in [5, 5.41) is 5.74. The molecule has 0 heterocycles. The van der Waals surface area contributed by atoms with Crippen LogP contribution in [0.15, 0.2) is 54.1 Å². The summed E-state index contributed by atoms with van der Waals surface area (Å²) in [5.41, 5.74) is 0.914. The first-order valence-corrected chi connectivity index (χ1v) is 14.3. The van der Waals surface area contributed by atoms with Crippen LogP contribution in [0.25, 0.3) is 6.08 Å². The third-order valence-corrected chi connectivity index (χ3v) is 10.3. The van der Waals surface area contributed by atoms with Crippen LogP contribution in [0.2, 0.25) is 0 Å². The van der Waals surface area contributed by atoms with Crippen LogP contribution in [0.5, 0.6) is 0 Å². The van der Waals surface area contributed by atoms with Gasteiger partial charge in [-0.25, -0.2) is 0 Å². The fourth-order valence-electron chi connectivity index (χ4n) is 8.14. The molecule has 40 heavy (non-hydrogen) atoms. The number of nitrogens with one attached hydrogen (secondary N) is 2. The van der Waals surface area contributed by atoms with Gasteiger partial charge in [0.15, 0.2) is 5.78 Å². The van der Waals surface area contributed by atoms with Crippen LogP contribution in [-0.2, 0) is 20.6 Å². The van der Waals surface area contributed by atoms with Crippen LogP contribution in [0.1, 0.15) is 63.5 Å². The summed E-state index contributed by atoms with van der Waals surface area (Å²) < 4.78 is 38.1. The maximum absolute atomic E-state index is 13.3. The highest BCUT2D eigenvalue weighted by Gasteiger charge is 2.59. The normalized spacial score (nSPS) is 33.1.